The van der Waals surface area contributed by atoms with Crippen molar-refractivity contribution in [2.45, 2.75) is 31.3 Å². The lowest BCUT2D eigenvalue weighted by Gasteiger charge is -2.38. The zero-order valence-electron chi connectivity index (χ0n) is 15.9. The van der Waals surface area contributed by atoms with Crippen molar-refractivity contribution in [1.29, 1.82) is 0 Å². The first kappa shape index (κ1) is 20.3. The minimum absolute atomic E-state index is 0.0490. The van der Waals surface area contributed by atoms with Crippen LogP contribution in [0.2, 0.25) is 10.0 Å². The summed E-state index contributed by atoms with van der Waals surface area (Å²) in [5.41, 5.74) is 1.79. The largest absolute Gasteiger partial charge is 0.481 e. The van der Waals surface area contributed by atoms with E-state index in [4.69, 9.17) is 37.8 Å². The van der Waals surface area contributed by atoms with Gasteiger partial charge in [-0.25, -0.2) is 0 Å². The van der Waals surface area contributed by atoms with Gasteiger partial charge < -0.3 is 19.5 Å². The summed E-state index contributed by atoms with van der Waals surface area (Å²) in [6.45, 7) is 3.14. The van der Waals surface area contributed by atoms with E-state index in [1.54, 1.807) is 18.2 Å². The summed E-state index contributed by atoms with van der Waals surface area (Å²) in [6, 6.07) is 9.24. The molecule has 0 bridgehead atoms. The molecule has 8 heteroatoms. The third-order valence-corrected chi connectivity index (χ3v) is 6.48. The van der Waals surface area contributed by atoms with Gasteiger partial charge in [-0.15, -0.1) is 0 Å². The van der Waals surface area contributed by atoms with Gasteiger partial charge in [-0.1, -0.05) is 29.3 Å². The number of nitrogens with zero attached hydrogens (tertiary/aromatic N) is 2. The van der Waals surface area contributed by atoms with E-state index >= 15 is 0 Å². The van der Waals surface area contributed by atoms with Crippen molar-refractivity contribution in [1.82, 2.24) is 9.88 Å². The second-order valence-corrected chi connectivity index (χ2v) is 8.36. The van der Waals surface area contributed by atoms with Crippen LogP contribution >= 0.6 is 23.2 Å². The lowest BCUT2D eigenvalue weighted by atomic mass is 9.75. The summed E-state index contributed by atoms with van der Waals surface area (Å²) < 4.78 is 11.7. The summed E-state index contributed by atoms with van der Waals surface area (Å²) >= 11 is 12.4. The quantitative estimate of drug-likeness (QED) is 0.732. The number of ether oxygens (including phenoxy) is 2. The van der Waals surface area contributed by atoms with Crippen molar-refractivity contribution >= 4 is 29.2 Å². The van der Waals surface area contributed by atoms with E-state index in [-0.39, 0.29) is 18.4 Å². The SMILES string of the molecule is O=C(O)CCN1CCC2(CC1)COc1nc(OCc3c(Cl)cccc3Cl)ccc12. The Balaban J connectivity index is 1.41. The highest BCUT2D eigenvalue weighted by molar-refractivity contribution is 6.35. The molecule has 1 spiro atoms. The van der Waals surface area contributed by atoms with Crippen molar-refractivity contribution in [2.24, 2.45) is 0 Å². The van der Waals surface area contributed by atoms with Crippen LogP contribution in [0.25, 0.3) is 0 Å². The fourth-order valence-corrected chi connectivity index (χ4v) is 4.50. The third kappa shape index (κ3) is 4.29. The first-order valence-electron chi connectivity index (χ1n) is 9.61. The maximum atomic E-state index is 10.8. The van der Waals surface area contributed by atoms with Crippen LogP contribution < -0.4 is 9.47 Å². The molecule has 0 saturated carbocycles. The molecule has 0 radical (unpaired) electrons. The monoisotopic (exact) mass is 436 g/mol. The number of aliphatic carboxylic acids is 1. The Morgan fingerprint density at radius 1 is 1.21 bits per heavy atom. The molecule has 6 nitrogen and oxygen atoms in total. The zero-order valence-corrected chi connectivity index (χ0v) is 17.4. The van der Waals surface area contributed by atoms with E-state index in [1.807, 2.05) is 12.1 Å². The molecule has 2 aromatic rings. The van der Waals surface area contributed by atoms with E-state index in [1.165, 1.54) is 0 Å². The Hall–Kier alpha value is -2.02. The fourth-order valence-electron chi connectivity index (χ4n) is 3.99. The van der Waals surface area contributed by atoms with Gasteiger partial charge in [0.05, 0.1) is 13.0 Å². The second kappa shape index (κ2) is 8.38. The molecule has 29 heavy (non-hydrogen) atoms. The number of hydrogen-bond donors (Lipinski definition) is 1. The maximum Gasteiger partial charge on any atom is 0.304 e. The van der Waals surface area contributed by atoms with Crippen LogP contribution in [-0.2, 0) is 16.8 Å². The molecule has 0 unspecified atom stereocenters. The number of carbonyl (C=O) groups is 1. The van der Waals surface area contributed by atoms with Gasteiger partial charge in [0.2, 0.25) is 11.8 Å². The van der Waals surface area contributed by atoms with Crippen LogP contribution in [0.15, 0.2) is 30.3 Å². The van der Waals surface area contributed by atoms with Gasteiger partial charge >= 0.3 is 5.97 Å². The number of fused-ring (bicyclic) bond motifs is 2. The predicted molar refractivity (Wildman–Crippen MR) is 110 cm³/mol. The normalized spacial score (nSPS) is 17.7. The average molecular weight is 437 g/mol. The summed E-state index contributed by atoms with van der Waals surface area (Å²) in [4.78, 5) is 17.5. The lowest BCUT2D eigenvalue weighted by Crippen LogP contribution is -2.44. The Labute approximate surface area is 179 Å². The summed E-state index contributed by atoms with van der Waals surface area (Å²) in [6.07, 6.45) is 2.03. The Morgan fingerprint density at radius 3 is 2.62 bits per heavy atom. The topological polar surface area (TPSA) is 71.9 Å². The number of aromatic nitrogens is 1. The summed E-state index contributed by atoms with van der Waals surface area (Å²) in [7, 11) is 0. The summed E-state index contributed by atoms with van der Waals surface area (Å²) in [5, 5.41) is 9.99. The van der Waals surface area contributed by atoms with Gasteiger partial charge in [-0.2, -0.15) is 4.98 Å². The highest BCUT2D eigenvalue weighted by Crippen LogP contribution is 2.45. The lowest BCUT2D eigenvalue weighted by molar-refractivity contribution is -0.137. The van der Waals surface area contributed by atoms with E-state index in [2.05, 4.69) is 9.88 Å². The molecule has 0 amide bonds. The standard InChI is InChI=1S/C21H22Cl2N2O4/c22-16-2-1-3-17(23)14(16)12-28-18-5-4-15-20(24-18)29-13-21(15)7-10-25(11-8-21)9-6-19(26)27/h1-5H,6-13H2,(H,26,27). The van der Waals surface area contributed by atoms with Crippen LogP contribution in [0.5, 0.6) is 11.8 Å². The van der Waals surface area contributed by atoms with Crippen molar-refractivity contribution in [2.75, 3.05) is 26.2 Å². The number of pyridine rings is 1. The molecule has 0 atom stereocenters. The Morgan fingerprint density at radius 2 is 1.93 bits per heavy atom. The minimum Gasteiger partial charge on any atom is -0.481 e. The molecule has 1 aromatic carbocycles. The van der Waals surface area contributed by atoms with Crippen molar-refractivity contribution in [3.8, 4) is 11.8 Å². The third-order valence-electron chi connectivity index (χ3n) is 5.77. The number of rotatable bonds is 6. The van der Waals surface area contributed by atoms with Crippen LogP contribution in [-0.4, -0.2) is 47.2 Å². The van der Waals surface area contributed by atoms with Crippen LogP contribution in [0.3, 0.4) is 0 Å². The number of halogens is 2. The first-order chi connectivity index (χ1) is 14.0. The molecule has 1 aromatic heterocycles. The van der Waals surface area contributed by atoms with Gasteiger partial charge in [0.1, 0.15) is 6.61 Å². The Bertz CT molecular complexity index is 893. The number of benzene rings is 1. The predicted octanol–water partition coefficient (Wildman–Crippen LogP) is 4.17. The molecular formula is C21H22Cl2N2O4. The fraction of sp³-hybridized carbons (Fsp3) is 0.429. The number of carboxylic acid groups (broad SMARTS) is 1. The minimum atomic E-state index is -0.755. The molecule has 3 heterocycles. The highest BCUT2D eigenvalue weighted by atomic mass is 35.5. The summed E-state index contributed by atoms with van der Waals surface area (Å²) in [5.74, 6) is 0.331. The van der Waals surface area contributed by atoms with Crippen molar-refractivity contribution in [3.63, 3.8) is 0 Å². The molecule has 0 aliphatic carbocycles. The molecule has 1 saturated heterocycles. The van der Waals surface area contributed by atoms with Crippen LogP contribution in [0.4, 0.5) is 0 Å². The Kier molecular flexibility index (Phi) is 5.86. The average Bonchev–Trinajstić information content (AvgIpc) is 3.05. The van der Waals surface area contributed by atoms with Gasteiger partial charge in [0, 0.05) is 39.2 Å². The van der Waals surface area contributed by atoms with E-state index < -0.39 is 5.97 Å². The molecular weight excluding hydrogens is 415 g/mol. The number of hydrogen-bond acceptors (Lipinski definition) is 5. The molecule has 2 aliphatic rings. The smallest absolute Gasteiger partial charge is 0.304 e. The van der Waals surface area contributed by atoms with Crippen LogP contribution in [0, 0.1) is 0 Å². The molecule has 4 rings (SSSR count). The van der Waals surface area contributed by atoms with E-state index in [0.717, 1.165) is 37.1 Å². The van der Waals surface area contributed by atoms with Gasteiger partial charge in [-0.3, -0.25) is 4.79 Å². The van der Waals surface area contributed by atoms with E-state index in [0.29, 0.717) is 35.0 Å². The zero-order chi connectivity index (χ0) is 20.4. The van der Waals surface area contributed by atoms with Gasteiger partial charge in [-0.05, 0) is 44.1 Å². The second-order valence-electron chi connectivity index (χ2n) is 7.55. The first-order valence-corrected chi connectivity index (χ1v) is 10.4. The van der Waals surface area contributed by atoms with Crippen molar-refractivity contribution in [3.05, 3.63) is 51.5 Å². The van der Waals surface area contributed by atoms with Gasteiger partial charge in [0.15, 0.2) is 0 Å². The van der Waals surface area contributed by atoms with Gasteiger partial charge in [0.25, 0.3) is 0 Å². The highest BCUT2D eigenvalue weighted by Gasteiger charge is 2.44. The molecule has 2 aliphatic heterocycles. The number of piperidine rings is 1. The van der Waals surface area contributed by atoms with Crippen molar-refractivity contribution < 1.29 is 19.4 Å². The molecule has 154 valence electrons. The van der Waals surface area contributed by atoms with E-state index in [9.17, 15) is 4.79 Å². The number of likely N-dealkylation sites (tertiary alicyclic amines) is 1. The number of carboxylic acids is 1. The molecule has 1 N–H and O–H groups in total. The maximum absolute atomic E-state index is 10.8. The molecule has 1 fully saturated rings. The van der Waals surface area contributed by atoms with Crippen LogP contribution in [0.1, 0.15) is 30.4 Å².